The van der Waals surface area contributed by atoms with Crippen molar-refractivity contribution in [3.63, 3.8) is 0 Å². The van der Waals surface area contributed by atoms with Gasteiger partial charge in [-0.15, -0.1) is 5.10 Å². The van der Waals surface area contributed by atoms with Gasteiger partial charge in [-0.25, -0.2) is 4.68 Å². The van der Waals surface area contributed by atoms with E-state index in [1.807, 2.05) is 65.3 Å². The van der Waals surface area contributed by atoms with Crippen LogP contribution in [0.2, 0.25) is 0 Å². The van der Waals surface area contributed by atoms with Crippen LogP contribution in [0.3, 0.4) is 0 Å². The monoisotopic (exact) mass is 515 g/mol. The number of benzene rings is 4. The summed E-state index contributed by atoms with van der Waals surface area (Å²) in [6.45, 7) is 2.24. The molecule has 0 radical (unpaired) electrons. The van der Waals surface area contributed by atoms with E-state index >= 15 is 0 Å². The Morgan fingerprint density at radius 1 is 0.703 bits per heavy atom. The van der Waals surface area contributed by atoms with Crippen molar-refractivity contribution < 1.29 is 13.3 Å². The van der Waals surface area contributed by atoms with E-state index in [4.69, 9.17) is 0 Å². The third kappa shape index (κ3) is 4.74. The molecule has 0 N–H and O–H groups in total. The first-order valence-corrected chi connectivity index (χ1v) is 14.7. The highest BCUT2D eigenvalue weighted by atomic mass is 31.2. The number of halogens is 2. The van der Waals surface area contributed by atoms with Crippen molar-refractivity contribution in [1.29, 1.82) is 0 Å². The number of hydrogen-bond acceptors (Lipinski definition) is 3. The molecule has 4 nitrogen and oxygen atoms in total. The second-order valence-corrected chi connectivity index (χ2v) is 13.1. The molecular formula is C30H28F2N3OP. The van der Waals surface area contributed by atoms with Gasteiger partial charge in [0.1, 0.15) is 5.52 Å². The second kappa shape index (κ2) is 9.68. The molecule has 1 unspecified atom stereocenters. The van der Waals surface area contributed by atoms with E-state index in [0.29, 0.717) is 12.8 Å². The number of alkyl halides is 2. The van der Waals surface area contributed by atoms with E-state index in [1.165, 1.54) is 12.1 Å². The van der Waals surface area contributed by atoms with Gasteiger partial charge in [-0.1, -0.05) is 102 Å². The van der Waals surface area contributed by atoms with E-state index in [0.717, 1.165) is 41.1 Å². The van der Waals surface area contributed by atoms with Gasteiger partial charge >= 0.3 is 5.66 Å². The first-order valence-electron chi connectivity index (χ1n) is 12.1. The first-order chi connectivity index (χ1) is 17.7. The molecule has 0 spiro atoms. The Kier molecular flexibility index (Phi) is 6.55. The number of hydrogen-bond donors (Lipinski definition) is 0. The lowest BCUT2D eigenvalue weighted by Gasteiger charge is -2.36. The van der Waals surface area contributed by atoms with Crippen LogP contribution in [0.4, 0.5) is 8.78 Å². The summed E-state index contributed by atoms with van der Waals surface area (Å²) < 4.78 is 43.8. The normalized spacial score (nSPS) is 13.9. The Hall–Kier alpha value is -3.63. The van der Waals surface area contributed by atoms with Gasteiger partial charge in [0.2, 0.25) is 0 Å². The molecule has 7 heteroatoms. The molecule has 37 heavy (non-hydrogen) atoms. The van der Waals surface area contributed by atoms with Crippen molar-refractivity contribution in [1.82, 2.24) is 15.0 Å². The third-order valence-corrected chi connectivity index (χ3v) is 8.49. The SMILES string of the molecule is CP(C)(=O)C(F)(F)c1ccc(CC(Cc2ccccc2)(c2ccccc2)n2nnc3ccccc32)cc1. The van der Waals surface area contributed by atoms with Gasteiger partial charge in [-0.05, 0) is 42.2 Å². The Bertz CT molecular complexity index is 1550. The molecule has 5 rings (SSSR count). The average Bonchev–Trinajstić information content (AvgIpc) is 3.34. The Labute approximate surface area is 215 Å². The minimum atomic E-state index is -3.66. The topological polar surface area (TPSA) is 47.8 Å². The van der Waals surface area contributed by atoms with Crippen LogP contribution >= 0.6 is 7.14 Å². The van der Waals surface area contributed by atoms with Crippen LogP contribution in [0.25, 0.3) is 11.0 Å². The lowest BCUT2D eigenvalue weighted by atomic mass is 9.78. The summed E-state index contributed by atoms with van der Waals surface area (Å²) in [4.78, 5) is 0. The summed E-state index contributed by atoms with van der Waals surface area (Å²) in [5, 5.41) is 9.08. The summed E-state index contributed by atoms with van der Waals surface area (Å²) in [6.07, 6.45) is 1.10. The molecule has 0 aliphatic carbocycles. The first kappa shape index (κ1) is 25.0. The van der Waals surface area contributed by atoms with Gasteiger partial charge in [0.05, 0.1) is 11.1 Å². The maximum absolute atomic E-state index is 14.8. The highest BCUT2D eigenvalue weighted by Crippen LogP contribution is 2.60. The molecule has 0 saturated heterocycles. The van der Waals surface area contributed by atoms with Crippen molar-refractivity contribution in [3.05, 3.63) is 131 Å². The lowest BCUT2D eigenvalue weighted by Crippen LogP contribution is -2.40. The predicted octanol–water partition coefficient (Wildman–Crippen LogP) is 7.33. The van der Waals surface area contributed by atoms with Crippen molar-refractivity contribution in [3.8, 4) is 0 Å². The minimum absolute atomic E-state index is 0.232. The van der Waals surface area contributed by atoms with Gasteiger partial charge in [-0.3, -0.25) is 0 Å². The van der Waals surface area contributed by atoms with Crippen LogP contribution in [0, 0.1) is 0 Å². The fourth-order valence-corrected chi connectivity index (χ4v) is 5.65. The van der Waals surface area contributed by atoms with Crippen LogP contribution < -0.4 is 0 Å². The largest absolute Gasteiger partial charge is 0.322 e. The standard InChI is InChI=1S/C30H28F2N3OP/c1-37(2,36)30(31,32)26-19-17-24(18-20-26)22-29(25-13-7-4-8-14-25,21-23-11-5-3-6-12-23)35-28-16-10-9-15-27(28)33-34-35/h3-20H,21-22H2,1-2H3. The van der Waals surface area contributed by atoms with Crippen LogP contribution in [0.15, 0.2) is 109 Å². The van der Waals surface area contributed by atoms with Gasteiger partial charge in [-0.2, -0.15) is 8.78 Å². The molecule has 188 valence electrons. The minimum Gasteiger partial charge on any atom is -0.317 e. The summed E-state index contributed by atoms with van der Waals surface area (Å²) in [5.74, 6) is 0. The number of nitrogens with zero attached hydrogens (tertiary/aromatic N) is 3. The number of fused-ring (bicyclic) bond motifs is 1. The molecule has 1 aromatic heterocycles. The summed E-state index contributed by atoms with van der Waals surface area (Å²) in [6, 6.07) is 34.3. The summed E-state index contributed by atoms with van der Waals surface area (Å²) in [7, 11) is -3.66. The number of rotatable bonds is 8. The van der Waals surface area contributed by atoms with Crippen molar-refractivity contribution >= 4 is 18.2 Å². The molecule has 0 bridgehead atoms. The van der Waals surface area contributed by atoms with Gasteiger partial charge in [0, 0.05) is 18.4 Å². The summed E-state index contributed by atoms with van der Waals surface area (Å²) in [5.41, 5.74) is 0.394. The zero-order valence-electron chi connectivity index (χ0n) is 20.8. The average molecular weight is 516 g/mol. The third-order valence-electron chi connectivity index (χ3n) is 6.88. The smallest absolute Gasteiger partial charge is 0.317 e. The molecule has 0 fully saturated rings. The van der Waals surface area contributed by atoms with Crippen molar-refractivity contribution in [2.75, 3.05) is 13.3 Å². The molecule has 0 saturated carbocycles. The van der Waals surface area contributed by atoms with Crippen LogP contribution in [0.1, 0.15) is 22.3 Å². The zero-order valence-corrected chi connectivity index (χ0v) is 21.7. The highest BCUT2D eigenvalue weighted by Gasteiger charge is 2.44. The maximum Gasteiger partial charge on any atom is 0.322 e. The molecule has 1 atom stereocenters. The van der Waals surface area contributed by atoms with Crippen LogP contribution in [0.5, 0.6) is 0 Å². The van der Waals surface area contributed by atoms with E-state index in [9.17, 15) is 13.3 Å². The lowest BCUT2D eigenvalue weighted by molar-refractivity contribution is 0.0893. The molecule has 0 amide bonds. The molecule has 4 aromatic carbocycles. The predicted molar refractivity (Wildman–Crippen MR) is 145 cm³/mol. The van der Waals surface area contributed by atoms with Crippen molar-refractivity contribution in [2.24, 2.45) is 0 Å². The highest BCUT2D eigenvalue weighted by molar-refractivity contribution is 7.63. The Morgan fingerprint density at radius 3 is 1.86 bits per heavy atom. The second-order valence-electron chi connectivity index (χ2n) is 9.82. The van der Waals surface area contributed by atoms with Crippen LogP contribution in [-0.2, 0) is 28.6 Å². The van der Waals surface area contributed by atoms with E-state index < -0.39 is 18.3 Å². The van der Waals surface area contributed by atoms with Crippen LogP contribution in [-0.4, -0.2) is 28.3 Å². The molecule has 0 aliphatic heterocycles. The Balaban J connectivity index is 1.68. The Morgan fingerprint density at radius 2 is 1.24 bits per heavy atom. The molecule has 5 aromatic rings. The van der Waals surface area contributed by atoms with E-state index in [2.05, 4.69) is 34.6 Å². The number of para-hydroxylation sites is 1. The molecular weight excluding hydrogens is 487 g/mol. The molecule has 1 heterocycles. The van der Waals surface area contributed by atoms with Gasteiger partial charge in [0.25, 0.3) is 0 Å². The van der Waals surface area contributed by atoms with Crippen molar-refractivity contribution in [2.45, 2.75) is 24.0 Å². The quantitative estimate of drug-likeness (QED) is 0.203. The van der Waals surface area contributed by atoms with E-state index in [-0.39, 0.29) is 5.56 Å². The number of aromatic nitrogens is 3. The molecule has 0 aliphatic rings. The zero-order chi connectivity index (χ0) is 26.1. The van der Waals surface area contributed by atoms with Gasteiger partial charge in [0.15, 0.2) is 7.14 Å². The fraction of sp³-hybridized carbons (Fsp3) is 0.200. The summed E-state index contributed by atoms with van der Waals surface area (Å²) >= 11 is 0. The fourth-order valence-electron chi connectivity index (χ4n) is 4.88. The van der Waals surface area contributed by atoms with Gasteiger partial charge < -0.3 is 4.57 Å². The van der Waals surface area contributed by atoms with E-state index in [1.54, 1.807) is 12.1 Å². The maximum atomic E-state index is 14.8.